The number of fused-ring (bicyclic) bond motifs is 3. The molecule has 0 atom stereocenters. The Kier molecular flexibility index (Phi) is 2.78. The molecule has 19 heavy (non-hydrogen) atoms. The average Bonchev–Trinajstić information content (AvgIpc) is 2.74. The molecule has 5 heteroatoms. The van der Waals surface area contributed by atoms with E-state index in [9.17, 15) is 4.79 Å². The van der Waals surface area contributed by atoms with E-state index < -0.39 is 0 Å². The molecule has 0 spiro atoms. The summed E-state index contributed by atoms with van der Waals surface area (Å²) >= 11 is 3.33. The minimum atomic E-state index is -0.378. The molecular weight excluding hydrogens is 308 g/mol. The Balaban J connectivity index is 2.45. The molecule has 4 nitrogen and oxygen atoms in total. The lowest BCUT2D eigenvalue weighted by atomic mass is 10.1. The third kappa shape index (κ3) is 1.90. The molecule has 3 rings (SSSR count). The monoisotopic (exact) mass is 318 g/mol. The second-order valence-corrected chi connectivity index (χ2v) is 5.19. The Hall–Kier alpha value is -1.88. The SMILES string of the molecule is COC(=O)c1cc(Br)nc2c1[nH]c1cc(C)ccc12. The fourth-order valence-corrected chi connectivity index (χ4v) is 2.62. The van der Waals surface area contributed by atoms with Crippen molar-refractivity contribution >= 4 is 43.8 Å². The van der Waals surface area contributed by atoms with Crippen molar-refractivity contribution in [1.29, 1.82) is 0 Å². The number of hydrogen-bond acceptors (Lipinski definition) is 3. The Morgan fingerprint density at radius 1 is 1.37 bits per heavy atom. The number of esters is 1. The molecule has 0 aliphatic rings. The summed E-state index contributed by atoms with van der Waals surface area (Å²) < 4.78 is 5.42. The number of nitrogens with zero attached hydrogens (tertiary/aromatic N) is 1. The molecule has 0 aliphatic carbocycles. The lowest BCUT2D eigenvalue weighted by molar-refractivity contribution is 0.0602. The van der Waals surface area contributed by atoms with E-state index in [1.54, 1.807) is 6.07 Å². The third-order valence-electron chi connectivity index (χ3n) is 3.08. The first-order chi connectivity index (χ1) is 9.10. The van der Waals surface area contributed by atoms with Gasteiger partial charge >= 0.3 is 5.97 Å². The number of hydrogen-bond donors (Lipinski definition) is 1. The lowest BCUT2D eigenvalue weighted by Gasteiger charge is -2.01. The van der Waals surface area contributed by atoms with E-state index in [-0.39, 0.29) is 5.97 Å². The van der Waals surface area contributed by atoms with Gasteiger partial charge in [-0.3, -0.25) is 0 Å². The van der Waals surface area contributed by atoms with Gasteiger partial charge in [-0.25, -0.2) is 9.78 Å². The summed E-state index contributed by atoms with van der Waals surface area (Å²) in [5.41, 5.74) is 4.07. The molecule has 3 aromatic rings. The van der Waals surface area contributed by atoms with Crippen molar-refractivity contribution in [3.8, 4) is 0 Å². The maximum Gasteiger partial charge on any atom is 0.340 e. The van der Waals surface area contributed by atoms with E-state index >= 15 is 0 Å². The quantitative estimate of drug-likeness (QED) is 0.551. The van der Waals surface area contributed by atoms with Crippen LogP contribution in [0, 0.1) is 6.92 Å². The summed E-state index contributed by atoms with van der Waals surface area (Å²) in [7, 11) is 1.37. The number of aromatic amines is 1. The normalized spacial score (nSPS) is 11.1. The number of pyridine rings is 1. The van der Waals surface area contributed by atoms with Crippen molar-refractivity contribution < 1.29 is 9.53 Å². The number of aromatic nitrogens is 2. The fourth-order valence-electron chi connectivity index (χ4n) is 2.21. The molecule has 0 fully saturated rings. The number of benzene rings is 1. The van der Waals surface area contributed by atoms with E-state index in [0.717, 1.165) is 22.0 Å². The van der Waals surface area contributed by atoms with E-state index in [2.05, 4.69) is 25.9 Å². The van der Waals surface area contributed by atoms with Gasteiger partial charge in [-0.05, 0) is 40.5 Å². The summed E-state index contributed by atoms with van der Waals surface area (Å²) in [4.78, 5) is 19.5. The number of methoxy groups -OCH3 is 1. The molecule has 1 aromatic carbocycles. The van der Waals surface area contributed by atoms with Gasteiger partial charge in [-0.2, -0.15) is 0 Å². The highest BCUT2D eigenvalue weighted by molar-refractivity contribution is 9.10. The summed E-state index contributed by atoms with van der Waals surface area (Å²) in [5, 5.41) is 0.993. The summed E-state index contributed by atoms with van der Waals surface area (Å²) in [6.45, 7) is 2.02. The zero-order valence-electron chi connectivity index (χ0n) is 10.5. The zero-order valence-corrected chi connectivity index (χ0v) is 12.0. The Morgan fingerprint density at radius 2 is 2.16 bits per heavy atom. The maximum absolute atomic E-state index is 11.8. The van der Waals surface area contributed by atoms with Crippen LogP contribution in [0.15, 0.2) is 28.9 Å². The molecule has 0 aliphatic heterocycles. The van der Waals surface area contributed by atoms with Gasteiger partial charge in [-0.15, -0.1) is 0 Å². The van der Waals surface area contributed by atoms with Crippen LogP contribution in [-0.2, 0) is 4.74 Å². The van der Waals surface area contributed by atoms with Crippen LogP contribution in [0.4, 0.5) is 0 Å². The third-order valence-corrected chi connectivity index (χ3v) is 3.49. The molecule has 0 bridgehead atoms. The standard InChI is InChI=1S/C14H11BrN2O2/c1-7-3-4-8-10(5-7)16-13-9(14(18)19-2)6-11(15)17-12(8)13/h3-6,16H,1-2H3. The number of ether oxygens (including phenoxy) is 1. The maximum atomic E-state index is 11.8. The second kappa shape index (κ2) is 4.35. The fraction of sp³-hybridized carbons (Fsp3) is 0.143. The van der Waals surface area contributed by atoms with Crippen LogP contribution in [0.25, 0.3) is 21.9 Å². The molecule has 96 valence electrons. The van der Waals surface area contributed by atoms with E-state index in [1.807, 2.05) is 25.1 Å². The lowest BCUT2D eigenvalue weighted by Crippen LogP contribution is -2.02. The first-order valence-corrected chi connectivity index (χ1v) is 6.56. The Labute approximate surface area is 117 Å². The topological polar surface area (TPSA) is 55.0 Å². The average molecular weight is 319 g/mol. The van der Waals surface area contributed by atoms with Crippen LogP contribution < -0.4 is 0 Å². The number of nitrogens with one attached hydrogen (secondary N) is 1. The first-order valence-electron chi connectivity index (χ1n) is 5.77. The Morgan fingerprint density at radius 3 is 2.89 bits per heavy atom. The molecule has 0 saturated heterocycles. The van der Waals surface area contributed by atoms with Crippen molar-refractivity contribution in [3.63, 3.8) is 0 Å². The van der Waals surface area contributed by atoms with Crippen LogP contribution in [0.3, 0.4) is 0 Å². The van der Waals surface area contributed by atoms with Crippen LogP contribution in [0.5, 0.6) is 0 Å². The predicted molar refractivity (Wildman–Crippen MR) is 77.4 cm³/mol. The summed E-state index contributed by atoms with van der Waals surface area (Å²) in [5.74, 6) is -0.378. The minimum absolute atomic E-state index is 0.378. The van der Waals surface area contributed by atoms with Crippen molar-refractivity contribution in [1.82, 2.24) is 9.97 Å². The van der Waals surface area contributed by atoms with Crippen molar-refractivity contribution in [2.75, 3.05) is 7.11 Å². The van der Waals surface area contributed by atoms with Gasteiger partial charge < -0.3 is 9.72 Å². The van der Waals surface area contributed by atoms with Crippen LogP contribution in [0.1, 0.15) is 15.9 Å². The first kappa shape index (κ1) is 12.2. The van der Waals surface area contributed by atoms with E-state index in [4.69, 9.17) is 4.74 Å². The van der Waals surface area contributed by atoms with Gasteiger partial charge in [0, 0.05) is 10.9 Å². The highest BCUT2D eigenvalue weighted by Crippen LogP contribution is 2.29. The molecule has 0 saturated carbocycles. The number of halogens is 1. The van der Waals surface area contributed by atoms with E-state index in [0.29, 0.717) is 15.7 Å². The Bertz CT molecular complexity index is 808. The minimum Gasteiger partial charge on any atom is -0.465 e. The second-order valence-electron chi connectivity index (χ2n) is 4.38. The highest BCUT2D eigenvalue weighted by atomic mass is 79.9. The number of aryl methyl sites for hydroxylation is 1. The molecule has 2 heterocycles. The molecule has 1 N–H and O–H groups in total. The van der Waals surface area contributed by atoms with E-state index in [1.165, 1.54) is 7.11 Å². The van der Waals surface area contributed by atoms with Gasteiger partial charge in [0.15, 0.2) is 0 Å². The number of carbonyl (C=O) groups excluding carboxylic acids is 1. The van der Waals surface area contributed by atoms with Gasteiger partial charge in [0.05, 0.1) is 23.7 Å². The van der Waals surface area contributed by atoms with Crippen LogP contribution in [0.2, 0.25) is 0 Å². The van der Waals surface area contributed by atoms with Gasteiger partial charge in [0.2, 0.25) is 0 Å². The van der Waals surface area contributed by atoms with Crippen molar-refractivity contribution in [2.45, 2.75) is 6.92 Å². The zero-order chi connectivity index (χ0) is 13.6. The summed E-state index contributed by atoms with van der Waals surface area (Å²) in [6.07, 6.45) is 0. The van der Waals surface area contributed by atoms with Crippen molar-refractivity contribution in [2.24, 2.45) is 0 Å². The summed E-state index contributed by atoms with van der Waals surface area (Å²) in [6, 6.07) is 7.72. The van der Waals surface area contributed by atoms with Crippen LogP contribution >= 0.6 is 15.9 Å². The number of rotatable bonds is 1. The largest absolute Gasteiger partial charge is 0.465 e. The van der Waals surface area contributed by atoms with Gasteiger partial charge in [0.25, 0.3) is 0 Å². The van der Waals surface area contributed by atoms with Gasteiger partial charge in [0.1, 0.15) is 4.60 Å². The number of carbonyl (C=O) groups is 1. The van der Waals surface area contributed by atoms with Crippen LogP contribution in [-0.4, -0.2) is 23.0 Å². The molecule has 0 unspecified atom stereocenters. The predicted octanol–water partition coefficient (Wildman–Crippen LogP) is 3.57. The van der Waals surface area contributed by atoms with Gasteiger partial charge in [-0.1, -0.05) is 12.1 Å². The molecule has 2 aromatic heterocycles. The highest BCUT2D eigenvalue weighted by Gasteiger charge is 2.16. The smallest absolute Gasteiger partial charge is 0.340 e. The molecule has 0 amide bonds. The number of H-pyrrole nitrogens is 1. The van der Waals surface area contributed by atoms with Crippen molar-refractivity contribution in [3.05, 3.63) is 40.0 Å². The molecule has 0 radical (unpaired) electrons. The molecular formula is C14H11BrN2O2.